The molecule has 0 fully saturated rings. The zero-order valence-corrected chi connectivity index (χ0v) is 15.2. The van der Waals surface area contributed by atoms with E-state index in [1.807, 2.05) is 0 Å². The third kappa shape index (κ3) is 3.88. The lowest BCUT2D eigenvalue weighted by atomic mass is 10.1. The Labute approximate surface area is 155 Å². The molecule has 0 saturated carbocycles. The van der Waals surface area contributed by atoms with Gasteiger partial charge in [-0.25, -0.2) is 17.2 Å². The molecule has 1 aliphatic carbocycles. The van der Waals surface area contributed by atoms with Gasteiger partial charge in [-0.05, 0) is 42.2 Å². The van der Waals surface area contributed by atoms with Crippen LogP contribution in [0.4, 0.5) is 14.5 Å². The zero-order valence-electron chi connectivity index (χ0n) is 13.6. The SMILES string of the molecule is O=C(CCS(=O)(=O)C1CCc2c(Cl)cccc21)Nc1ccc(F)c(F)c1. The molecule has 1 atom stereocenters. The van der Waals surface area contributed by atoms with Gasteiger partial charge < -0.3 is 5.32 Å². The van der Waals surface area contributed by atoms with Gasteiger partial charge in [0.2, 0.25) is 5.91 Å². The highest BCUT2D eigenvalue weighted by Crippen LogP contribution is 2.40. The Balaban J connectivity index is 1.65. The molecule has 0 aromatic heterocycles. The van der Waals surface area contributed by atoms with Crippen LogP contribution in [-0.4, -0.2) is 20.1 Å². The largest absolute Gasteiger partial charge is 0.326 e. The van der Waals surface area contributed by atoms with Gasteiger partial charge >= 0.3 is 0 Å². The predicted octanol–water partition coefficient (Wildman–Crippen LogP) is 4.05. The van der Waals surface area contributed by atoms with Gasteiger partial charge in [0, 0.05) is 23.2 Å². The third-order valence-corrected chi connectivity index (χ3v) is 6.89. The summed E-state index contributed by atoms with van der Waals surface area (Å²) < 4.78 is 51.3. The molecule has 26 heavy (non-hydrogen) atoms. The monoisotopic (exact) mass is 399 g/mol. The number of amides is 1. The van der Waals surface area contributed by atoms with Crippen molar-refractivity contribution in [2.24, 2.45) is 0 Å². The number of rotatable bonds is 5. The fraction of sp³-hybridized carbons (Fsp3) is 0.278. The number of fused-ring (bicyclic) bond motifs is 1. The van der Waals surface area contributed by atoms with Gasteiger partial charge in [-0.2, -0.15) is 0 Å². The van der Waals surface area contributed by atoms with Crippen LogP contribution < -0.4 is 5.32 Å². The van der Waals surface area contributed by atoms with Gasteiger partial charge in [0.05, 0.1) is 11.0 Å². The number of halogens is 3. The highest BCUT2D eigenvalue weighted by atomic mass is 35.5. The average Bonchev–Trinajstić information content (AvgIpc) is 3.03. The molecule has 0 spiro atoms. The van der Waals surface area contributed by atoms with E-state index in [1.165, 1.54) is 6.07 Å². The molecule has 1 N–H and O–H groups in total. The van der Waals surface area contributed by atoms with Crippen LogP contribution in [0.25, 0.3) is 0 Å². The van der Waals surface area contributed by atoms with Crippen LogP contribution >= 0.6 is 11.6 Å². The molecule has 1 unspecified atom stereocenters. The van der Waals surface area contributed by atoms with Gasteiger partial charge in [-0.1, -0.05) is 23.7 Å². The summed E-state index contributed by atoms with van der Waals surface area (Å²) in [5.74, 6) is -3.03. The number of sulfone groups is 1. The van der Waals surface area contributed by atoms with Crippen LogP contribution in [-0.2, 0) is 21.1 Å². The Hall–Kier alpha value is -1.99. The van der Waals surface area contributed by atoms with Crippen LogP contribution in [0, 0.1) is 11.6 Å². The molecule has 1 amide bonds. The molecule has 0 bridgehead atoms. The number of nitrogens with one attached hydrogen (secondary N) is 1. The normalized spacial score (nSPS) is 16.3. The predicted molar refractivity (Wildman–Crippen MR) is 95.9 cm³/mol. The summed E-state index contributed by atoms with van der Waals surface area (Å²) in [5.41, 5.74) is 1.61. The molecule has 8 heteroatoms. The van der Waals surface area contributed by atoms with Crippen molar-refractivity contribution in [3.63, 3.8) is 0 Å². The van der Waals surface area contributed by atoms with E-state index in [4.69, 9.17) is 11.6 Å². The first-order chi connectivity index (χ1) is 12.3. The summed E-state index contributed by atoms with van der Waals surface area (Å²) in [4.78, 5) is 12.0. The van der Waals surface area contributed by atoms with Crippen LogP contribution in [0.1, 0.15) is 29.2 Å². The fourth-order valence-electron chi connectivity index (χ4n) is 3.12. The Morgan fingerprint density at radius 2 is 1.96 bits per heavy atom. The lowest BCUT2D eigenvalue weighted by Gasteiger charge is -2.13. The first-order valence-electron chi connectivity index (χ1n) is 8.01. The third-order valence-electron chi connectivity index (χ3n) is 4.41. The Bertz CT molecular complexity index is 963. The second-order valence-corrected chi connectivity index (χ2v) is 8.84. The Morgan fingerprint density at radius 3 is 2.69 bits per heavy atom. The van der Waals surface area contributed by atoms with E-state index in [1.54, 1.807) is 18.2 Å². The first kappa shape index (κ1) is 18.8. The molecule has 2 aromatic rings. The first-order valence-corrected chi connectivity index (χ1v) is 10.1. The summed E-state index contributed by atoms with van der Waals surface area (Å²) in [5, 5.41) is 2.25. The quantitative estimate of drug-likeness (QED) is 0.825. The van der Waals surface area contributed by atoms with Gasteiger partial charge in [0.15, 0.2) is 21.5 Å². The lowest BCUT2D eigenvalue weighted by molar-refractivity contribution is -0.115. The summed E-state index contributed by atoms with van der Waals surface area (Å²) in [6, 6.07) is 8.13. The maximum absolute atomic E-state index is 13.1. The van der Waals surface area contributed by atoms with E-state index in [0.29, 0.717) is 23.4 Å². The van der Waals surface area contributed by atoms with Crippen molar-refractivity contribution in [2.75, 3.05) is 11.1 Å². The Morgan fingerprint density at radius 1 is 1.19 bits per heavy atom. The Kier molecular flexibility index (Phi) is 5.29. The maximum atomic E-state index is 13.1. The van der Waals surface area contributed by atoms with Crippen molar-refractivity contribution >= 4 is 33.0 Å². The number of benzene rings is 2. The maximum Gasteiger partial charge on any atom is 0.225 e. The van der Waals surface area contributed by atoms with Crippen LogP contribution in [0.15, 0.2) is 36.4 Å². The number of carbonyl (C=O) groups excluding carboxylic acids is 1. The molecule has 0 heterocycles. The molecule has 1 aliphatic rings. The molecule has 0 radical (unpaired) electrons. The highest BCUT2D eigenvalue weighted by Gasteiger charge is 2.34. The number of hydrogen-bond acceptors (Lipinski definition) is 3. The van der Waals surface area contributed by atoms with Crippen molar-refractivity contribution in [1.82, 2.24) is 0 Å². The van der Waals surface area contributed by atoms with Crippen molar-refractivity contribution < 1.29 is 22.0 Å². The van der Waals surface area contributed by atoms with Gasteiger partial charge in [-0.15, -0.1) is 0 Å². The van der Waals surface area contributed by atoms with Crippen molar-refractivity contribution in [3.05, 3.63) is 64.2 Å². The van der Waals surface area contributed by atoms with Crippen LogP contribution in [0.5, 0.6) is 0 Å². The average molecular weight is 400 g/mol. The molecule has 2 aromatic carbocycles. The molecular weight excluding hydrogens is 384 g/mol. The van der Waals surface area contributed by atoms with Gasteiger partial charge in [0.1, 0.15) is 0 Å². The minimum Gasteiger partial charge on any atom is -0.326 e. The van der Waals surface area contributed by atoms with Crippen molar-refractivity contribution in [2.45, 2.75) is 24.5 Å². The summed E-state index contributed by atoms with van der Waals surface area (Å²) in [7, 11) is -3.55. The summed E-state index contributed by atoms with van der Waals surface area (Å²) in [6.45, 7) is 0. The van der Waals surface area contributed by atoms with Crippen LogP contribution in [0.3, 0.4) is 0 Å². The second-order valence-electron chi connectivity index (χ2n) is 6.13. The van der Waals surface area contributed by atoms with Crippen LogP contribution in [0.2, 0.25) is 5.02 Å². The second kappa shape index (κ2) is 7.32. The van der Waals surface area contributed by atoms with Gasteiger partial charge in [-0.3, -0.25) is 4.79 Å². The van der Waals surface area contributed by atoms with Gasteiger partial charge in [0.25, 0.3) is 0 Å². The minimum atomic E-state index is -3.55. The molecular formula is C18H16ClF2NO3S. The smallest absolute Gasteiger partial charge is 0.225 e. The lowest BCUT2D eigenvalue weighted by Crippen LogP contribution is -2.20. The van der Waals surface area contributed by atoms with E-state index in [9.17, 15) is 22.0 Å². The number of hydrogen-bond donors (Lipinski definition) is 1. The number of anilines is 1. The topological polar surface area (TPSA) is 63.2 Å². The molecule has 0 aliphatic heterocycles. The standard InChI is InChI=1S/C18H16ClF2NO3S/c19-14-3-1-2-13-12(14)5-7-17(13)26(24,25)9-8-18(23)22-11-4-6-15(20)16(21)10-11/h1-4,6,10,17H,5,7-9H2,(H,22,23). The fourth-order valence-corrected chi connectivity index (χ4v) is 5.23. The number of carbonyl (C=O) groups is 1. The molecule has 0 saturated heterocycles. The van der Waals surface area contributed by atoms with E-state index in [-0.39, 0.29) is 17.9 Å². The van der Waals surface area contributed by atoms with E-state index in [0.717, 1.165) is 17.7 Å². The zero-order chi connectivity index (χ0) is 18.9. The molecule has 4 nitrogen and oxygen atoms in total. The highest BCUT2D eigenvalue weighted by molar-refractivity contribution is 7.91. The molecule has 3 rings (SSSR count). The summed E-state index contributed by atoms with van der Waals surface area (Å²) in [6.07, 6.45) is 0.750. The molecule has 138 valence electrons. The van der Waals surface area contributed by atoms with Crippen molar-refractivity contribution in [3.8, 4) is 0 Å². The van der Waals surface area contributed by atoms with E-state index in [2.05, 4.69) is 5.32 Å². The van der Waals surface area contributed by atoms with E-state index < -0.39 is 32.6 Å². The van der Waals surface area contributed by atoms with Crippen molar-refractivity contribution in [1.29, 1.82) is 0 Å². The van der Waals surface area contributed by atoms with E-state index >= 15 is 0 Å². The minimum absolute atomic E-state index is 0.0734. The summed E-state index contributed by atoms with van der Waals surface area (Å²) >= 11 is 6.11.